The Hall–Kier alpha value is -1.29. The second-order valence-electron chi connectivity index (χ2n) is 4.23. The molecule has 0 saturated carbocycles. The fourth-order valence-electron chi connectivity index (χ4n) is 2.16. The van der Waals surface area contributed by atoms with Crippen LogP contribution in [-0.2, 0) is 0 Å². The number of H-pyrrole nitrogens is 1. The first-order chi connectivity index (χ1) is 9.11. The molecule has 0 amide bonds. The van der Waals surface area contributed by atoms with E-state index in [4.69, 9.17) is 23.2 Å². The number of halogens is 2. The van der Waals surface area contributed by atoms with Gasteiger partial charge in [0.05, 0.1) is 20.4 Å². The molecule has 1 N–H and O–H groups in total. The molecule has 3 aromatic rings. The van der Waals surface area contributed by atoms with Crippen molar-refractivity contribution in [1.29, 1.82) is 0 Å². The van der Waals surface area contributed by atoms with Crippen molar-refractivity contribution < 1.29 is 4.79 Å². The number of carbonyl (C=O) groups excluding carboxylic acids is 1. The summed E-state index contributed by atoms with van der Waals surface area (Å²) in [4.78, 5) is 15.6. The van der Waals surface area contributed by atoms with Gasteiger partial charge in [-0.3, -0.25) is 4.79 Å². The van der Waals surface area contributed by atoms with Crippen molar-refractivity contribution in [1.82, 2.24) is 4.98 Å². The summed E-state index contributed by atoms with van der Waals surface area (Å²) < 4.78 is 0.695. The van der Waals surface area contributed by atoms with Gasteiger partial charge in [-0.25, -0.2) is 0 Å². The third-order valence-electron chi connectivity index (χ3n) is 3.15. The largest absolute Gasteiger partial charge is 0.353 e. The number of aromatic amines is 1. The first-order valence-electron chi connectivity index (χ1n) is 5.63. The molecule has 19 heavy (non-hydrogen) atoms. The number of hydrogen-bond acceptors (Lipinski definition) is 2. The molecule has 5 heteroatoms. The average Bonchev–Trinajstić information content (AvgIpc) is 2.97. The molecule has 1 aromatic carbocycles. The molecule has 0 atom stereocenters. The zero-order chi connectivity index (χ0) is 13.6. The zero-order valence-electron chi connectivity index (χ0n) is 9.96. The van der Waals surface area contributed by atoms with Gasteiger partial charge in [-0.1, -0.05) is 29.3 Å². The van der Waals surface area contributed by atoms with Crippen molar-refractivity contribution in [2.75, 3.05) is 0 Å². The standard InChI is InChI=1S/C14H9Cl2NOS/c1-7-10(15)3-2-8-9(6-18)14(17-13(7)8)11-4-5-12(16)19-11/h2-6,17H,1H3. The molecule has 0 aliphatic heterocycles. The maximum atomic E-state index is 11.4. The third kappa shape index (κ3) is 1.98. The Balaban J connectivity index is 2.37. The number of aryl methyl sites for hydroxylation is 1. The van der Waals surface area contributed by atoms with Crippen LogP contribution in [0.3, 0.4) is 0 Å². The van der Waals surface area contributed by atoms with Crippen molar-refractivity contribution in [2.24, 2.45) is 0 Å². The molecular formula is C14H9Cl2NOS. The Bertz CT molecular complexity index is 788. The van der Waals surface area contributed by atoms with E-state index >= 15 is 0 Å². The van der Waals surface area contributed by atoms with E-state index in [1.54, 1.807) is 0 Å². The lowest BCUT2D eigenvalue weighted by Crippen LogP contribution is -1.81. The number of thiophene rings is 1. The van der Waals surface area contributed by atoms with Gasteiger partial charge < -0.3 is 4.98 Å². The van der Waals surface area contributed by atoms with Crippen LogP contribution < -0.4 is 0 Å². The molecule has 0 aliphatic rings. The summed E-state index contributed by atoms with van der Waals surface area (Å²) in [6.45, 7) is 1.93. The van der Waals surface area contributed by atoms with E-state index < -0.39 is 0 Å². The van der Waals surface area contributed by atoms with Crippen molar-refractivity contribution >= 4 is 51.7 Å². The predicted molar refractivity (Wildman–Crippen MR) is 81.8 cm³/mol. The van der Waals surface area contributed by atoms with Crippen LogP contribution in [0.1, 0.15) is 15.9 Å². The Morgan fingerprint density at radius 2 is 2.00 bits per heavy atom. The summed E-state index contributed by atoms with van der Waals surface area (Å²) >= 11 is 13.5. The molecule has 0 radical (unpaired) electrons. The second-order valence-corrected chi connectivity index (χ2v) is 6.35. The summed E-state index contributed by atoms with van der Waals surface area (Å²) in [7, 11) is 0. The van der Waals surface area contributed by atoms with Crippen molar-refractivity contribution in [2.45, 2.75) is 6.92 Å². The third-order valence-corrected chi connectivity index (χ3v) is 4.80. The van der Waals surface area contributed by atoms with Crippen LogP contribution in [-0.4, -0.2) is 11.3 Å². The fraction of sp³-hybridized carbons (Fsp3) is 0.0714. The van der Waals surface area contributed by atoms with E-state index in [1.165, 1.54) is 11.3 Å². The predicted octanol–water partition coefficient (Wildman–Crippen LogP) is 5.32. The van der Waals surface area contributed by atoms with Gasteiger partial charge in [-0.05, 0) is 30.7 Å². The van der Waals surface area contributed by atoms with Crippen LogP contribution in [0, 0.1) is 6.92 Å². The first kappa shape index (κ1) is 12.7. The Labute approximate surface area is 124 Å². The van der Waals surface area contributed by atoms with Gasteiger partial charge in [-0.15, -0.1) is 11.3 Å². The van der Waals surface area contributed by atoms with Crippen LogP contribution in [0.15, 0.2) is 24.3 Å². The fourth-order valence-corrected chi connectivity index (χ4v) is 3.38. The highest BCUT2D eigenvalue weighted by Gasteiger charge is 2.16. The molecule has 0 bridgehead atoms. The molecule has 0 unspecified atom stereocenters. The molecular weight excluding hydrogens is 301 g/mol. The van der Waals surface area contributed by atoms with E-state index in [9.17, 15) is 4.79 Å². The lowest BCUT2D eigenvalue weighted by molar-refractivity contribution is 0.112. The number of aromatic nitrogens is 1. The number of rotatable bonds is 2. The summed E-state index contributed by atoms with van der Waals surface area (Å²) in [6.07, 6.45) is 0.870. The van der Waals surface area contributed by atoms with Crippen LogP contribution in [0.2, 0.25) is 9.36 Å². The maximum absolute atomic E-state index is 11.4. The average molecular weight is 310 g/mol. The smallest absolute Gasteiger partial charge is 0.152 e. The highest BCUT2D eigenvalue weighted by atomic mass is 35.5. The van der Waals surface area contributed by atoms with E-state index in [0.29, 0.717) is 14.9 Å². The van der Waals surface area contributed by atoms with E-state index in [-0.39, 0.29) is 0 Å². The number of nitrogens with one attached hydrogen (secondary N) is 1. The Kier molecular flexibility index (Phi) is 3.13. The van der Waals surface area contributed by atoms with Crippen molar-refractivity contribution in [3.63, 3.8) is 0 Å². The zero-order valence-corrected chi connectivity index (χ0v) is 12.3. The van der Waals surface area contributed by atoms with Crippen molar-refractivity contribution in [3.05, 3.63) is 44.8 Å². The van der Waals surface area contributed by atoms with Gasteiger partial charge in [0.2, 0.25) is 0 Å². The maximum Gasteiger partial charge on any atom is 0.152 e. The molecule has 2 heterocycles. The van der Waals surface area contributed by atoms with Gasteiger partial charge in [0.25, 0.3) is 0 Å². The molecule has 0 spiro atoms. The molecule has 2 nitrogen and oxygen atoms in total. The van der Waals surface area contributed by atoms with Gasteiger partial charge in [0.1, 0.15) is 0 Å². The van der Waals surface area contributed by atoms with Crippen LogP contribution in [0.4, 0.5) is 0 Å². The quantitative estimate of drug-likeness (QED) is 0.638. The molecule has 96 valence electrons. The lowest BCUT2D eigenvalue weighted by atomic mass is 10.1. The first-order valence-corrected chi connectivity index (χ1v) is 7.20. The minimum absolute atomic E-state index is 0.647. The topological polar surface area (TPSA) is 32.9 Å². The van der Waals surface area contributed by atoms with Crippen molar-refractivity contribution in [3.8, 4) is 10.6 Å². The highest BCUT2D eigenvalue weighted by molar-refractivity contribution is 7.19. The van der Waals surface area contributed by atoms with Crippen LogP contribution in [0.5, 0.6) is 0 Å². The summed E-state index contributed by atoms with van der Waals surface area (Å²) in [5.41, 5.74) is 3.28. The Morgan fingerprint density at radius 3 is 2.63 bits per heavy atom. The lowest BCUT2D eigenvalue weighted by Gasteiger charge is -1.98. The normalized spacial score (nSPS) is 11.1. The van der Waals surface area contributed by atoms with Crippen LogP contribution in [0.25, 0.3) is 21.5 Å². The summed E-state index contributed by atoms with van der Waals surface area (Å²) in [5.74, 6) is 0. The van der Waals surface area contributed by atoms with Gasteiger partial charge in [0.15, 0.2) is 6.29 Å². The summed E-state index contributed by atoms with van der Waals surface area (Å²) in [5, 5.41) is 1.57. The molecule has 3 rings (SSSR count). The van der Waals surface area contributed by atoms with E-state index in [0.717, 1.165) is 33.3 Å². The van der Waals surface area contributed by atoms with Gasteiger partial charge >= 0.3 is 0 Å². The molecule has 0 fully saturated rings. The molecule has 0 aliphatic carbocycles. The van der Waals surface area contributed by atoms with Gasteiger partial charge in [0, 0.05) is 16.0 Å². The number of benzene rings is 1. The van der Waals surface area contributed by atoms with Gasteiger partial charge in [-0.2, -0.15) is 0 Å². The molecule has 2 aromatic heterocycles. The van der Waals surface area contributed by atoms with E-state index in [2.05, 4.69) is 4.98 Å². The van der Waals surface area contributed by atoms with E-state index in [1.807, 2.05) is 31.2 Å². The second kappa shape index (κ2) is 4.67. The monoisotopic (exact) mass is 309 g/mol. The number of hydrogen-bond donors (Lipinski definition) is 1. The minimum Gasteiger partial charge on any atom is -0.353 e. The molecule has 0 saturated heterocycles. The summed E-state index contributed by atoms with van der Waals surface area (Å²) in [6, 6.07) is 7.40. The Morgan fingerprint density at radius 1 is 1.21 bits per heavy atom. The minimum atomic E-state index is 0.647. The number of carbonyl (C=O) groups is 1. The van der Waals surface area contributed by atoms with Crippen LogP contribution >= 0.6 is 34.5 Å². The highest BCUT2D eigenvalue weighted by Crippen LogP contribution is 2.37. The number of fused-ring (bicyclic) bond motifs is 1. The number of aldehydes is 1. The SMILES string of the molecule is Cc1c(Cl)ccc2c(C=O)c(-c3ccc(Cl)s3)[nH]c12.